The van der Waals surface area contributed by atoms with Gasteiger partial charge in [-0.1, -0.05) is 19.9 Å². The number of allylic oxidation sites excluding steroid dienone is 1. The zero-order chi connectivity index (χ0) is 15.2. The molecule has 0 saturated heterocycles. The fraction of sp³-hybridized carbons (Fsp3) is 0.750. The van der Waals surface area contributed by atoms with Gasteiger partial charge in [-0.25, -0.2) is 0 Å². The number of rotatable bonds is 7. The van der Waals surface area contributed by atoms with E-state index < -0.39 is 17.4 Å². The van der Waals surface area contributed by atoms with Gasteiger partial charge < -0.3 is 9.84 Å². The average Bonchev–Trinajstić information content (AvgIpc) is 2.43. The van der Waals surface area contributed by atoms with E-state index in [0.717, 1.165) is 32.1 Å². The summed E-state index contributed by atoms with van der Waals surface area (Å²) in [5.74, 6) is -1.01. The zero-order valence-corrected chi connectivity index (χ0v) is 12.6. The molecule has 0 aromatic heterocycles. The van der Waals surface area contributed by atoms with Gasteiger partial charge in [0, 0.05) is 0 Å². The first-order valence-electron chi connectivity index (χ1n) is 7.55. The predicted octanol–water partition coefficient (Wildman–Crippen LogP) is 3.56. The highest BCUT2D eigenvalue weighted by Crippen LogP contribution is 2.33. The lowest BCUT2D eigenvalue weighted by molar-refractivity contribution is -0.174. The van der Waals surface area contributed by atoms with Gasteiger partial charge in [-0.3, -0.25) is 9.59 Å². The molecule has 0 bridgehead atoms. The summed E-state index contributed by atoms with van der Waals surface area (Å²) in [7, 11) is 0. The third-order valence-corrected chi connectivity index (χ3v) is 4.57. The van der Waals surface area contributed by atoms with E-state index in [0.29, 0.717) is 5.92 Å². The first-order chi connectivity index (χ1) is 9.50. The Morgan fingerprint density at radius 3 is 2.20 bits per heavy atom. The van der Waals surface area contributed by atoms with Gasteiger partial charge in [0.2, 0.25) is 0 Å². The minimum absolute atomic E-state index is 0.125. The van der Waals surface area contributed by atoms with Gasteiger partial charge in [-0.2, -0.15) is 0 Å². The number of hydrogen-bond acceptors (Lipinski definition) is 3. The van der Waals surface area contributed by atoms with Gasteiger partial charge in [-0.05, 0) is 50.9 Å². The quantitative estimate of drug-likeness (QED) is 0.440. The van der Waals surface area contributed by atoms with E-state index in [1.807, 2.05) is 6.08 Å². The van der Waals surface area contributed by atoms with Crippen LogP contribution in [0.1, 0.15) is 58.8 Å². The number of carbonyl (C=O) groups is 2. The Labute approximate surface area is 121 Å². The van der Waals surface area contributed by atoms with Crippen LogP contribution in [-0.4, -0.2) is 23.1 Å². The molecule has 0 spiro atoms. The van der Waals surface area contributed by atoms with E-state index in [4.69, 9.17) is 4.74 Å². The van der Waals surface area contributed by atoms with Crippen molar-refractivity contribution in [3.8, 4) is 0 Å². The molecule has 0 aliphatic heterocycles. The number of carboxylic acid groups (broad SMARTS) is 1. The van der Waals surface area contributed by atoms with Crippen LogP contribution < -0.4 is 0 Å². The molecule has 0 atom stereocenters. The van der Waals surface area contributed by atoms with Gasteiger partial charge in [-0.15, -0.1) is 6.58 Å². The van der Waals surface area contributed by atoms with Crippen LogP contribution in [0.5, 0.6) is 0 Å². The number of hydrogen-bond donors (Lipinski definition) is 1. The van der Waals surface area contributed by atoms with Crippen LogP contribution in [-0.2, 0) is 14.3 Å². The van der Waals surface area contributed by atoms with E-state index in [1.165, 1.54) is 0 Å². The molecule has 0 amide bonds. The molecule has 0 radical (unpaired) electrons. The smallest absolute Gasteiger partial charge is 0.323 e. The van der Waals surface area contributed by atoms with Crippen LogP contribution in [0, 0.1) is 11.3 Å². The van der Waals surface area contributed by atoms with Gasteiger partial charge in [0.1, 0.15) is 6.10 Å². The Bertz CT molecular complexity index is 349. The lowest BCUT2D eigenvalue weighted by atomic mass is 9.82. The van der Waals surface area contributed by atoms with Crippen molar-refractivity contribution in [2.75, 3.05) is 0 Å². The first kappa shape index (κ1) is 16.7. The monoisotopic (exact) mass is 282 g/mol. The standard InChI is InChI=1S/C16H26O4/c1-4-7-12-8-10-13(11-9-12)20-15(19)16(5-2,6-3)14(17)18/h4,12-13H,1,5-11H2,2-3H3,(H,17,18). The highest BCUT2D eigenvalue weighted by Gasteiger charge is 2.45. The number of ether oxygens (including phenoxy) is 1. The minimum Gasteiger partial charge on any atom is -0.480 e. The average molecular weight is 282 g/mol. The van der Waals surface area contributed by atoms with Crippen molar-refractivity contribution in [2.45, 2.75) is 64.9 Å². The van der Waals surface area contributed by atoms with Crippen molar-refractivity contribution in [2.24, 2.45) is 11.3 Å². The molecule has 0 aromatic rings. The van der Waals surface area contributed by atoms with Gasteiger partial charge in [0.05, 0.1) is 0 Å². The summed E-state index contributed by atoms with van der Waals surface area (Å²) >= 11 is 0. The Hall–Kier alpha value is -1.32. The molecule has 114 valence electrons. The summed E-state index contributed by atoms with van der Waals surface area (Å²) in [5.41, 5.74) is -1.38. The first-order valence-corrected chi connectivity index (χ1v) is 7.55. The fourth-order valence-corrected chi connectivity index (χ4v) is 2.91. The van der Waals surface area contributed by atoms with Crippen molar-refractivity contribution in [1.82, 2.24) is 0 Å². The summed E-state index contributed by atoms with van der Waals surface area (Å²) in [6.45, 7) is 7.19. The van der Waals surface area contributed by atoms with Crippen molar-refractivity contribution in [1.29, 1.82) is 0 Å². The summed E-state index contributed by atoms with van der Waals surface area (Å²) in [4.78, 5) is 23.6. The van der Waals surface area contributed by atoms with E-state index >= 15 is 0 Å². The second-order valence-electron chi connectivity index (χ2n) is 5.67. The molecule has 0 aromatic carbocycles. The number of carboxylic acids is 1. The van der Waals surface area contributed by atoms with Gasteiger partial charge in [0.25, 0.3) is 0 Å². The van der Waals surface area contributed by atoms with E-state index in [1.54, 1.807) is 13.8 Å². The molecule has 1 aliphatic rings. The van der Waals surface area contributed by atoms with E-state index in [2.05, 4.69) is 6.58 Å². The molecule has 1 rings (SSSR count). The normalized spacial score (nSPS) is 23.1. The van der Waals surface area contributed by atoms with Crippen molar-refractivity contribution >= 4 is 11.9 Å². The Kier molecular flexibility index (Phi) is 6.24. The molecule has 1 saturated carbocycles. The SMILES string of the molecule is C=CCC1CCC(OC(=O)C(CC)(CC)C(=O)O)CC1. The molecule has 4 nitrogen and oxygen atoms in total. The van der Waals surface area contributed by atoms with Crippen molar-refractivity contribution < 1.29 is 19.4 Å². The molecule has 1 aliphatic carbocycles. The predicted molar refractivity (Wildman–Crippen MR) is 77.3 cm³/mol. The highest BCUT2D eigenvalue weighted by molar-refractivity contribution is 5.99. The summed E-state index contributed by atoms with van der Waals surface area (Å²) in [6.07, 6.45) is 7.03. The number of carbonyl (C=O) groups excluding carboxylic acids is 1. The largest absolute Gasteiger partial charge is 0.480 e. The van der Waals surface area contributed by atoms with Crippen LogP contribution in [0.15, 0.2) is 12.7 Å². The lowest BCUT2D eigenvalue weighted by Gasteiger charge is -2.31. The third-order valence-electron chi connectivity index (χ3n) is 4.57. The van der Waals surface area contributed by atoms with Crippen LogP contribution in [0.4, 0.5) is 0 Å². The number of esters is 1. The molecular formula is C16H26O4. The molecular weight excluding hydrogens is 256 g/mol. The van der Waals surface area contributed by atoms with E-state index in [9.17, 15) is 14.7 Å². The molecule has 0 unspecified atom stereocenters. The van der Waals surface area contributed by atoms with Crippen LogP contribution >= 0.6 is 0 Å². The Balaban J connectivity index is 2.58. The van der Waals surface area contributed by atoms with Crippen LogP contribution in [0.25, 0.3) is 0 Å². The minimum atomic E-state index is -1.38. The Morgan fingerprint density at radius 1 is 1.25 bits per heavy atom. The van der Waals surface area contributed by atoms with E-state index in [-0.39, 0.29) is 18.9 Å². The Morgan fingerprint density at radius 2 is 1.80 bits per heavy atom. The maximum absolute atomic E-state index is 12.2. The highest BCUT2D eigenvalue weighted by atomic mass is 16.5. The maximum Gasteiger partial charge on any atom is 0.323 e. The lowest BCUT2D eigenvalue weighted by Crippen LogP contribution is -2.41. The summed E-state index contributed by atoms with van der Waals surface area (Å²) in [5, 5.41) is 9.32. The summed E-state index contributed by atoms with van der Waals surface area (Å²) in [6, 6.07) is 0. The van der Waals surface area contributed by atoms with Gasteiger partial charge in [0.15, 0.2) is 5.41 Å². The number of aliphatic carboxylic acids is 1. The second kappa shape index (κ2) is 7.46. The van der Waals surface area contributed by atoms with Crippen molar-refractivity contribution in [3.05, 3.63) is 12.7 Å². The second-order valence-corrected chi connectivity index (χ2v) is 5.67. The summed E-state index contributed by atoms with van der Waals surface area (Å²) < 4.78 is 5.48. The fourth-order valence-electron chi connectivity index (χ4n) is 2.91. The van der Waals surface area contributed by atoms with Gasteiger partial charge >= 0.3 is 11.9 Å². The third kappa shape index (κ3) is 3.62. The maximum atomic E-state index is 12.2. The zero-order valence-electron chi connectivity index (χ0n) is 12.6. The van der Waals surface area contributed by atoms with Crippen LogP contribution in [0.2, 0.25) is 0 Å². The molecule has 1 fully saturated rings. The molecule has 1 N–H and O–H groups in total. The van der Waals surface area contributed by atoms with Crippen LogP contribution in [0.3, 0.4) is 0 Å². The molecule has 4 heteroatoms. The van der Waals surface area contributed by atoms with Crippen molar-refractivity contribution in [3.63, 3.8) is 0 Å². The topological polar surface area (TPSA) is 63.6 Å². The molecule has 20 heavy (non-hydrogen) atoms. The molecule has 0 heterocycles.